The molecule has 2 aromatic rings. The topological polar surface area (TPSA) is 20.2 Å². The van der Waals surface area contributed by atoms with Crippen LogP contribution in [0.4, 0.5) is 0 Å². The standard InChI is InChI=1S/C10H14O.C10H14/c1-7(2)9-5-4-6-10(11)8(9)3;1-8(2)10-7-5-4-6-9(10)3/h4-7,11H,1-3H3;4-8H,1-3H3. The van der Waals surface area contributed by atoms with E-state index in [0.29, 0.717) is 17.6 Å². The Balaban J connectivity index is 0.000000211. The van der Waals surface area contributed by atoms with Gasteiger partial charge in [0, 0.05) is 0 Å². The van der Waals surface area contributed by atoms with Crippen LogP contribution in [-0.4, -0.2) is 5.11 Å². The van der Waals surface area contributed by atoms with Gasteiger partial charge in [0.05, 0.1) is 0 Å². The van der Waals surface area contributed by atoms with Crippen molar-refractivity contribution in [3.8, 4) is 5.75 Å². The lowest BCUT2D eigenvalue weighted by atomic mass is 9.98. The first kappa shape index (κ1) is 17.3. The van der Waals surface area contributed by atoms with E-state index < -0.39 is 0 Å². The van der Waals surface area contributed by atoms with Crippen LogP contribution in [0.1, 0.15) is 61.8 Å². The van der Waals surface area contributed by atoms with Crippen molar-refractivity contribution in [2.24, 2.45) is 0 Å². The Morgan fingerprint density at radius 2 is 1.24 bits per heavy atom. The molecule has 1 heteroatoms. The molecule has 21 heavy (non-hydrogen) atoms. The van der Waals surface area contributed by atoms with E-state index in [0.717, 1.165) is 5.56 Å². The summed E-state index contributed by atoms with van der Waals surface area (Å²) >= 11 is 0. The zero-order chi connectivity index (χ0) is 16.0. The summed E-state index contributed by atoms with van der Waals surface area (Å²) in [5.74, 6) is 1.54. The smallest absolute Gasteiger partial charge is 0.118 e. The van der Waals surface area contributed by atoms with Gasteiger partial charge in [0.2, 0.25) is 0 Å². The highest BCUT2D eigenvalue weighted by atomic mass is 16.3. The van der Waals surface area contributed by atoms with Gasteiger partial charge in [0.15, 0.2) is 0 Å². The summed E-state index contributed by atoms with van der Waals surface area (Å²) in [6, 6.07) is 14.2. The molecule has 0 unspecified atom stereocenters. The minimum atomic E-state index is 0.399. The Bertz CT molecular complexity index is 568. The van der Waals surface area contributed by atoms with Crippen LogP contribution >= 0.6 is 0 Å². The third-order valence-electron chi connectivity index (χ3n) is 3.78. The molecule has 1 N–H and O–H groups in total. The van der Waals surface area contributed by atoms with Crippen LogP contribution < -0.4 is 0 Å². The molecule has 0 saturated heterocycles. The lowest BCUT2D eigenvalue weighted by Crippen LogP contribution is -1.90. The first-order valence-corrected chi connectivity index (χ1v) is 7.68. The first-order valence-electron chi connectivity index (χ1n) is 7.68. The second-order valence-electron chi connectivity index (χ2n) is 6.16. The van der Waals surface area contributed by atoms with Crippen molar-refractivity contribution in [3.05, 3.63) is 64.7 Å². The van der Waals surface area contributed by atoms with Crippen molar-refractivity contribution >= 4 is 0 Å². The van der Waals surface area contributed by atoms with Crippen LogP contribution in [0.25, 0.3) is 0 Å². The van der Waals surface area contributed by atoms with E-state index in [9.17, 15) is 5.11 Å². The molecule has 2 rings (SSSR count). The summed E-state index contributed by atoms with van der Waals surface area (Å²) in [5, 5.41) is 9.35. The van der Waals surface area contributed by atoms with Crippen LogP contribution in [-0.2, 0) is 0 Å². The van der Waals surface area contributed by atoms with Crippen LogP contribution in [0, 0.1) is 13.8 Å². The molecular formula is C20H28O. The maximum Gasteiger partial charge on any atom is 0.118 e. The summed E-state index contributed by atoms with van der Waals surface area (Å²) in [4.78, 5) is 0. The number of phenolic OH excluding ortho intramolecular Hbond substituents is 1. The van der Waals surface area contributed by atoms with Gasteiger partial charge in [-0.25, -0.2) is 0 Å². The Labute approximate surface area is 129 Å². The van der Waals surface area contributed by atoms with Gasteiger partial charge in [-0.2, -0.15) is 0 Å². The number of aromatic hydroxyl groups is 1. The Morgan fingerprint density at radius 1 is 0.714 bits per heavy atom. The second kappa shape index (κ2) is 7.87. The van der Waals surface area contributed by atoms with E-state index in [1.807, 2.05) is 13.0 Å². The summed E-state index contributed by atoms with van der Waals surface area (Å²) < 4.78 is 0. The molecule has 0 saturated carbocycles. The van der Waals surface area contributed by atoms with E-state index in [-0.39, 0.29) is 0 Å². The lowest BCUT2D eigenvalue weighted by Gasteiger charge is -2.09. The molecule has 0 aliphatic carbocycles. The highest BCUT2D eigenvalue weighted by Crippen LogP contribution is 2.25. The number of rotatable bonds is 2. The van der Waals surface area contributed by atoms with Gasteiger partial charge in [-0.1, -0.05) is 64.1 Å². The Kier molecular flexibility index (Phi) is 6.48. The summed E-state index contributed by atoms with van der Waals surface area (Å²) in [6.45, 7) is 12.8. The fourth-order valence-corrected chi connectivity index (χ4v) is 2.50. The zero-order valence-electron chi connectivity index (χ0n) is 14.1. The molecule has 0 spiro atoms. The second-order valence-corrected chi connectivity index (χ2v) is 6.16. The number of hydrogen-bond acceptors (Lipinski definition) is 1. The monoisotopic (exact) mass is 284 g/mol. The van der Waals surface area contributed by atoms with Gasteiger partial charge in [-0.3, -0.25) is 0 Å². The van der Waals surface area contributed by atoms with E-state index in [1.165, 1.54) is 16.7 Å². The minimum Gasteiger partial charge on any atom is -0.508 e. The van der Waals surface area contributed by atoms with Crippen molar-refractivity contribution in [3.63, 3.8) is 0 Å². The fraction of sp³-hybridized carbons (Fsp3) is 0.400. The molecule has 0 aliphatic heterocycles. The van der Waals surface area contributed by atoms with Crippen molar-refractivity contribution in [1.82, 2.24) is 0 Å². The Morgan fingerprint density at radius 3 is 1.67 bits per heavy atom. The van der Waals surface area contributed by atoms with Crippen LogP contribution in [0.3, 0.4) is 0 Å². The molecule has 1 nitrogen and oxygen atoms in total. The average Bonchev–Trinajstić information content (AvgIpc) is 2.42. The SMILES string of the molecule is Cc1c(O)cccc1C(C)C.Cc1ccccc1C(C)C. The van der Waals surface area contributed by atoms with Crippen LogP contribution in [0.2, 0.25) is 0 Å². The van der Waals surface area contributed by atoms with Crippen molar-refractivity contribution in [2.75, 3.05) is 0 Å². The van der Waals surface area contributed by atoms with E-state index in [4.69, 9.17) is 0 Å². The normalized spacial score (nSPS) is 10.5. The lowest BCUT2D eigenvalue weighted by molar-refractivity contribution is 0.469. The molecule has 0 aliphatic rings. The maximum absolute atomic E-state index is 9.35. The molecule has 0 bridgehead atoms. The maximum atomic E-state index is 9.35. The zero-order valence-corrected chi connectivity index (χ0v) is 14.1. The Hall–Kier alpha value is -1.76. The van der Waals surface area contributed by atoms with Gasteiger partial charge >= 0.3 is 0 Å². The quantitative estimate of drug-likeness (QED) is 0.723. The minimum absolute atomic E-state index is 0.399. The number of aryl methyl sites for hydroxylation is 1. The number of phenols is 1. The third-order valence-corrected chi connectivity index (χ3v) is 3.78. The first-order chi connectivity index (χ1) is 9.84. The van der Waals surface area contributed by atoms with Gasteiger partial charge < -0.3 is 5.11 Å². The number of hydrogen-bond donors (Lipinski definition) is 1. The van der Waals surface area contributed by atoms with Crippen LogP contribution in [0.5, 0.6) is 5.75 Å². The average molecular weight is 284 g/mol. The molecule has 114 valence electrons. The summed E-state index contributed by atoms with van der Waals surface area (Å²) in [5.41, 5.74) is 5.09. The summed E-state index contributed by atoms with van der Waals surface area (Å²) in [6.07, 6.45) is 0. The molecule has 0 fully saturated rings. The van der Waals surface area contributed by atoms with Crippen molar-refractivity contribution in [2.45, 2.75) is 53.4 Å². The molecule has 0 heterocycles. The summed E-state index contributed by atoms with van der Waals surface area (Å²) in [7, 11) is 0. The molecule has 0 amide bonds. The number of benzene rings is 2. The molecule has 2 aromatic carbocycles. The van der Waals surface area contributed by atoms with Gasteiger partial charge in [-0.05, 0) is 54.0 Å². The van der Waals surface area contributed by atoms with Crippen molar-refractivity contribution < 1.29 is 5.11 Å². The molecule has 0 aromatic heterocycles. The molecular weight excluding hydrogens is 256 g/mol. The highest BCUT2D eigenvalue weighted by molar-refractivity contribution is 5.39. The molecule has 0 radical (unpaired) electrons. The van der Waals surface area contributed by atoms with Crippen LogP contribution in [0.15, 0.2) is 42.5 Å². The largest absolute Gasteiger partial charge is 0.508 e. The fourth-order valence-electron chi connectivity index (χ4n) is 2.50. The molecule has 0 atom stereocenters. The van der Waals surface area contributed by atoms with Gasteiger partial charge in [0.1, 0.15) is 5.75 Å². The van der Waals surface area contributed by atoms with E-state index in [1.54, 1.807) is 6.07 Å². The van der Waals surface area contributed by atoms with Crippen molar-refractivity contribution in [1.29, 1.82) is 0 Å². The predicted molar refractivity (Wildman–Crippen MR) is 92.2 cm³/mol. The predicted octanol–water partition coefficient (Wildman–Crippen LogP) is 5.94. The third kappa shape index (κ3) is 4.93. The van der Waals surface area contributed by atoms with Gasteiger partial charge in [-0.15, -0.1) is 0 Å². The van der Waals surface area contributed by atoms with Gasteiger partial charge in [0.25, 0.3) is 0 Å². The highest BCUT2D eigenvalue weighted by Gasteiger charge is 2.04. The van der Waals surface area contributed by atoms with E-state index >= 15 is 0 Å². The van der Waals surface area contributed by atoms with E-state index in [2.05, 4.69) is 65.0 Å².